The molecule has 0 saturated carbocycles. The molecule has 8 nitrogen and oxygen atoms in total. The highest BCUT2D eigenvalue weighted by molar-refractivity contribution is 6.06. The van der Waals surface area contributed by atoms with E-state index in [4.69, 9.17) is 4.74 Å². The molecule has 0 bridgehead atoms. The number of nitrogens with one attached hydrogen (secondary N) is 1. The van der Waals surface area contributed by atoms with Gasteiger partial charge in [-0.25, -0.2) is 9.59 Å². The van der Waals surface area contributed by atoms with Crippen LogP contribution in [0.15, 0.2) is 24.3 Å². The smallest absolute Gasteiger partial charge is 0.337 e. The minimum atomic E-state index is -0.956. The van der Waals surface area contributed by atoms with Crippen molar-refractivity contribution < 1.29 is 28.7 Å². The summed E-state index contributed by atoms with van der Waals surface area (Å²) in [7, 11) is 1.30. The van der Waals surface area contributed by atoms with Crippen molar-refractivity contribution in [1.29, 1.82) is 0 Å². The van der Waals surface area contributed by atoms with Crippen LogP contribution >= 0.6 is 0 Å². The number of methoxy groups -OCH3 is 1. The van der Waals surface area contributed by atoms with Crippen LogP contribution in [0.25, 0.3) is 0 Å². The molecule has 1 fully saturated rings. The molecule has 0 unspecified atom stereocenters. The monoisotopic (exact) mass is 348 g/mol. The molecule has 25 heavy (non-hydrogen) atoms. The predicted octanol–water partition coefficient (Wildman–Crippen LogP) is 1.24. The SMILES string of the molecule is COC(=O)c1ccc(COC(=O)CCN2C(=O)NC(C)(C)C2=O)cc1. The number of carbonyl (C=O) groups is 4. The standard InChI is InChI=1S/C17H20N2O6/c1-17(2)15(22)19(16(23)18-17)9-8-13(20)25-10-11-4-6-12(7-5-11)14(21)24-3/h4-7H,8-10H2,1-3H3,(H,18,23). The van der Waals surface area contributed by atoms with Crippen molar-refractivity contribution in [3.63, 3.8) is 0 Å². The maximum absolute atomic E-state index is 12.0. The molecular weight excluding hydrogens is 328 g/mol. The second-order valence-electron chi connectivity index (χ2n) is 6.11. The fourth-order valence-electron chi connectivity index (χ4n) is 2.31. The fraction of sp³-hybridized carbons (Fsp3) is 0.412. The molecule has 0 radical (unpaired) electrons. The van der Waals surface area contributed by atoms with Gasteiger partial charge in [-0.15, -0.1) is 0 Å². The molecule has 0 spiro atoms. The third-order valence-electron chi connectivity index (χ3n) is 3.76. The highest BCUT2D eigenvalue weighted by Crippen LogP contribution is 2.17. The summed E-state index contributed by atoms with van der Waals surface area (Å²) in [5, 5.41) is 2.54. The normalized spacial score (nSPS) is 15.7. The van der Waals surface area contributed by atoms with Gasteiger partial charge < -0.3 is 14.8 Å². The van der Waals surface area contributed by atoms with Crippen LogP contribution < -0.4 is 5.32 Å². The quantitative estimate of drug-likeness (QED) is 0.613. The fourth-order valence-corrected chi connectivity index (χ4v) is 2.31. The van der Waals surface area contributed by atoms with E-state index in [2.05, 4.69) is 10.1 Å². The number of hydrogen-bond acceptors (Lipinski definition) is 6. The Kier molecular flexibility index (Phi) is 5.41. The zero-order chi connectivity index (χ0) is 18.6. The molecule has 2 rings (SSSR count). The molecule has 134 valence electrons. The van der Waals surface area contributed by atoms with Gasteiger partial charge in [-0.2, -0.15) is 0 Å². The Balaban J connectivity index is 1.80. The number of amides is 3. The Hall–Kier alpha value is -2.90. The number of ether oxygens (including phenoxy) is 2. The van der Waals surface area contributed by atoms with Crippen LogP contribution in [-0.2, 0) is 25.7 Å². The van der Waals surface area contributed by atoms with Crippen LogP contribution in [0.1, 0.15) is 36.2 Å². The van der Waals surface area contributed by atoms with Gasteiger partial charge in [0.1, 0.15) is 12.1 Å². The first kappa shape index (κ1) is 18.4. The van der Waals surface area contributed by atoms with Crippen molar-refractivity contribution >= 4 is 23.9 Å². The first-order chi connectivity index (χ1) is 11.7. The van der Waals surface area contributed by atoms with E-state index in [1.807, 2.05) is 0 Å². The number of benzene rings is 1. The van der Waals surface area contributed by atoms with E-state index in [1.54, 1.807) is 38.1 Å². The number of rotatable bonds is 6. The van der Waals surface area contributed by atoms with Crippen LogP contribution in [0.3, 0.4) is 0 Å². The van der Waals surface area contributed by atoms with Gasteiger partial charge in [0.25, 0.3) is 5.91 Å². The summed E-state index contributed by atoms with van der Waals surface area (Å²) in [6.45, 7) is 3.20. The molecule has 1 N–H and O–H groups in total. The second-order valence-corrected chi connectivity index (χ2v) is 6.11. The summed E-state index contributed by atoms with van der Waals surface area (Å²) in [4.78, 5) is 47.8. The lowest BCUT2D eigenvalue weighted by molar-refractivity contribution is -0.145. The maximum atomic E-state index is 12.0. The van der Waals surface area contributed by atoms with Crippen LogP contribution in [-0.4, -0.2) is 48.0 Å². The van der Waals surface area contributed by atoms with Crippen molar-refractivity contribution in [3.8, 4) is 0 Å². The third kappa shape index (κ3) is 4.34. The lowest BCUT2D eigenvalue weighted by Gasteiger charge is -2.15. The predicted molar refractivity (Wildman–Crippen MR) is 86.5 cm³/mol. The van der Waals surface area contributed by atoms with Crippen LogP contribution in [0.2, 0.25) is 0 Å². The minimum absolute atomic E-state index is 0.0335. The zero-order valence-electron chi connectivity index (χ0n) is 14.3. The molecule has 1 aliphatic heterocycles. The summed E-state index contributed by atoms with van der Waals surface area (Å²) in [6, 6.07) is 5.94. The molecule has 3 amide bonds. The van der Waals surface area contributed by atoms with Crippen LogP contribution in [0.5, 0.6) is 0 Å². The minimum Gasteiger partial charge on any atom is -0.465 e. The van der Waals surface area contributed by atoms with Gasteiger partial charge in [0, 0.05) is 6.54 Å². The van der Waals surface area contributed by atoms with E-state index in [0.717, 1.165) is 4.90 Å². The highest BCUT2D eigenvalue weighted by Gasteiger charge is 2.44. The molecule has 0 aromatic heterocycles. The molecular formula is C17H20N2O6. The maximum Gasteiger partial charge on any atom is 0.337 e. The summed E-state index contributed by atoms with van der Waals surface area (Å²) in [5.41, 5.74) is 0.151. The van der Waals surface area contributed by atoms with E-state index in [-0.39, 0.29) is 25.5 Å². The molecule has 0 atom stereocenters. The number of nitrogens with zero attached hydrogens (tertiary/aromatic N) is 1. The first-order valence-electron chi connectivity index (χ1n) is 7.71. The van der Waals surface area contributed by atoms with Crippen molar-refractivity contribution in [2.24, 2.45) is 0 Å². The van der Waals surface area contributed by atoms with Crippen molar-refractivity contribution in [3.05, 3.63) is 35.4 Å². The van der Waals surface area contributed by atoms with Crippen molar-refractivity contribution in [2.75, 3.05) is 13.7 Å². The number of imide groups is 1. The number of urea groups is 1. The summed E-state index contributed by atoms with van der Waals surface area (Å²) in [6.07, 6.45) is -0.0878. The molecule has 1 aromatic rings. The molecule has 0 aliphatic carbocycles. The highest BCUT2D eigenvalue weighted by atomic mass is 16.5. The molecule has 1 heterocycles. The van der Waals surface area contributed by atoms with Gasteiger partial charge in [0.2, 0.25) is 0 Å². The van der Waals surface area contributed by atoms with Gasteiger partial charge in [-0.3, -0.25) is 14.5 Å². The largest absolute Gasteiger partial charge is 0.465 e. The first-order valence-corrected chi connectivity index (χ1v) is 7.71. The second kappa shape index (κ2) is 7.33. The zero-order valence-corrected chi connectivity index (χ0v) is 14.3. The van der Waals surface area contributed by atoms with Gasteiger partial charge in [0.05, 0.1) is 19.1 Å². The van der Waals surface area contributed by atoms with Gasteiger partial charge in [-0.1, -0.05) is 12.1 Å². The van der Waals surface area contributed by atoms with Crippen molar-refractivity contribution in [2.45, 2.75) is 32.4 Å². The summed E-state index contributed by atoms with van der Waals surface area (Å²) in [5.74, 6) is -1.34. The van der Waals surface area contributed by atoms with E-state index in [1.165, 1.54) is 7.11 Å². The topological polar surface area (TPSA) is 102 Å². The Morgan fingerprint density at radius 2 is 1.80 bits per heavy atom. The Morgan fingerprint density at radius 3 is 2.32 bits per heavy atom. The summed E-state index contributed by atoms with van der Waals surface area (Å²) >= 11 is 0. The lowest BCUT2D eigenvalue weighted by Crippen LogP contribution is -2.40. The third-order valence-corrected chi connectivity index (χ3v) is 3.76. The molecule has 8 heteroatoms. The number of hydrogen-bond donors (Lipinski definition) is 1. The average Bonchev–Trinajstić information content (AvgIpc) is 2.78. The number of esters is 2. The summed E-state index contributed by atoms with van der Waals surface area (Å²) < 4.78 is 9.71. The Bertz CT molecular complexity index is 696. The molecule has 1 aromatic carbocycles. The average molecular weight is 348 g/mol. The van der Waals surface area contributed by atoms with Crippen LogP contribution in [0, 0.1) is 0 Å². The Morgan fingerprint density at radius 1 is 1.16 bits per heavy atom. The van der Waals surface area contributed by atoms with Gasteiger partial charge in [0.15, 0.2) is 0 Å². The van der Waals surface area contributed by atoms with Gasteiger partial charge in [-0.05, 0) is 31.5 Å². The lowest BCUT2D eigenvalue weighted by atomic mass is 10.1. The number of carbonyl (C=O) groups excluding carboxylic acids is 4. The molecule has 1 aliphatic rings. The van der Waals surface area contributed by atoms with Gasteiger partial charge >= 0.3 is 18.0 Å². The van der Waals surface area contributed by atoms with Crippen LogP contribution in [0.4, 0.5) is 4.79 Å². The van der Waals surface area contributed by atoms with E-state index in [0.29, 0.717) is 11.1 Å². The Labute approximate surface area is 145 Å². The molecule has 1 saturated heterocycles. The van der Waals surface area contributed by atoms with E-state index in [9.17, 15) is 19.2 Å². The van der Waals surface area contributed by atoms with E-state index >= 15 is 0 Å². The van der Waals surface area contributed by atoms with Crippen molar-refractivity contribution in [1.82, 2.24) is 10.2 Å². The van der Waals surface area contributed by atoms with E-state index < -0.39 is 23.5 Å².